The number of aliphatic hydroxyl groups is 1. The van der Waals surface area contributed by atoms with Crippen molar-refractivity contribution >= 4 is 44.8 Å². The molecule has 1 N–H and O–H groups in total. The molecule has 0 amide bonds. The fourth-order valence-electron chi connectivity index (χ4n) is 2.88. The van der Waals surface area contributed by atoms with E-state index < -0.39 is 0 Å². The van der Waals surface area contributed by atoms with Gasteiger partial charge >= 0.3 is 0 Å². The van der Waals surface area contributed by atoms with Gasteiger partial charge in [-0.1, -0.05) is 59.6 Å². The summed E-state index contributed by atoms with van der Waals surface area (Å²) in [5.74, 6) is 0. The number of nitrogens with zero attached hydrogens (tertiary/aromatic N) is 3. The Morgan fingerprint density at radius 1 is 1.04 bits per heavy atom. The number of hydrogen-bond donors (Lipinski definition) is 1. The Labute approximate surface area is 181 Å². The molecule has 0 bridgehead atoms. The summed E-state index contributed by atoms with van der Waals surface area (Å²) in [4.78, 5) is 14.8. The molecule has 146 valence electrons. The smallest absolute Gasteiger partial charge is 0.288 e. The number of halogens is 3. The highest BCUT2D eigenvalue weighted by molar-refractivity contribution is 9.10. The molecule has 0 unspecified atom stereocenters. The predicted molar refractivity (Wildman–Crippen MR) is 117 cm³/mol. The van der Waals surface area contributed by atoms with E-state index in [2.05, 4.69) is 21.0 Å². The summed E-state index contributed by atoms with van der Waals surface area (Å²) in [6.07, 6.45) is 2.35. The van der Waals surface area contributed by atoms with Crippen LogP contribution in [0.2, 0.25) is 10.0 Å². The lowest BCUT2D eigenvalue weighted by molar-refractivity contribution is 0.302. The van der Waals surface area contributed by atoms with Crippen molar-refractivity contribution in [3.63, 3.8) is 0 Å². The van der Waals surface area contributed by atoms with E-state index in [-0.39, 0.29) is 12.2 Å². The lowest BCUT2D eigenvalue weighted by Crippen LogP contribution is -2.32. The monoisotopic (exact) mass is 481 g/mol. The van der Waals surface area contributed by atoms with Crippen LogP contribution in [0.25, 0.3) is 5.69 Å². The average Bonchev–Trinajstić information content (AvgIpc) is 2.69. The molecule has 28 heavy (non-hydrogen) atoms. The first-order valence-electron chi connectivity index (χ1n) is 8.65. The van der Waals surface area contributed by atoms with Gasteiger partial charge in [-0.2, -0.15) is 9.78 Å². The molecule has 0 spiro atoms. The zero-order valence-electron chi connectivity index (χ0n) is 14.9. The number of para-hydroxylation sites is 1. The molecule has 3 rings (SSSR count). The fourth-order valence-corrected chi connectivity index (χ4v) is 3.96. The molecular formula is C20H18BrCl2N3O2. The highest BCUT2D eigenvalue weighted by Gasteiger charge is 2.18. The topological polar surface area (TPSA) is 58.4 Å². The molecular weight excluding hydrogens is 465 g/mol. The quantitative estimate of drug-likeness (QED) is 0.544. The minimum atomic E-state index is -0.379. The molecule has 0 saturated heterocycles. The third-order valence-electron chi connectivity index (χ3n) is 4.27. The number of aliphatic hydroxyl groups excluding tert-OH is 1. The number of benzene rings is 2. The number of rotatable bonds is 7. The van der Waals surface area contributed by atoms with Crippen molar-refractivity contribution in [3.8, 4) is 5.69 Å². The van der Waals surface area contributed by atoms with Crippen molar-refractivity contribution in [1.29, 1.82) is 0 Å². The SMILES string of the molecule is O=c1c(Br)c(N(CCO)CCc2ccccc2)cnn1-c1c(Cl)cccc1Cl. The Bertz CT molecular complexity index is 992. The van der Waals surface area contributed by atoms with Crippen molar-refractivity contribution in [3.05, 3.63) is 85.2 Å². The highest BCUT2D eigenvalue weighted by atomic mass is 79.9. The minimum Gasteiger partial charge on any atom is -0.395 e. The highest BCUT2D eigenvalue weighted by Crippen LogP contribution is 2.28. The van der Waals surface area contributed by atoms with E-state index >= 15 is 0 Å². The molecule has 1 aromatic heterocycles. The van der Waals surface area contributed by atoms with E-state index in [1.165, 1.54) is 10.2 Å². The third kappa shape index (κ3) is 4.58. The van der Waals surface area contributed by atoms with E-state index in [1.807, 2.05) is 35.2 Å². The van der Waals surface area contributed by atoms with Gasteiger partial charge in [0.15, 0.2) is 0 Å². The normalized spacial score (nSPS) is 10.9. The summed E-state index contributed by atoms with van der Waals surface area (Å²) >= 11 is 15.8. The third-order valence-corrected chi connectivity index (χ3v) is 5.63. The summed E-state index contributed by atoms with van der Waals surface area (Å²) in [6, 6.07) is 15.0. The summed E-state index contributed by atoms with van der Waals surface area (Å²) in [6.45, 7) is 0.964. The van der Waals surface area contributed by atoms with Crippen molar-refractivity contribution in [1.82, 2.24) is 9.78 Å². The van der Waals surface area contributed by atoms with Crippen LogP contribution in [0.5, 0.6) is 0 Å². The van der Waals surface area contributed by atoms with Gasteiger partial charge in [0.1, 0.15) is 10.2 Å². The summed E-state index contributed by atoms with van der Waals surface area (Å²) in [7, 11) is 0. The first-order chi connectivity index (χ1) is 13.5. The molecule has 0 aliphatic carbocycles. The second-order valence-corrected chi connectivity index (χ2v) is 7.68. The molecule has 0 aliphatic heterocycles. The second-order valence-electron chi connectivity index (χ2n) is 6.08. The molecule has 0 aliphatic rings. The van der Waals surface area contributed by atoms with Gasteiger partial charge in [0, 0.05) is 13.1 Å². The zero-order valence-corrected chi connectivity index (χ0v) is 18.0. The van der Waals surface area contributed by atoms with Crippen LogP contribution < -0.4 is 10.5 Å². The van der Waals surface area contributed by atoms with E-state index in [4.69, 9.17) is 23.2 Å². The number of aromatic nitrogens is 2. The summed E-state index contributed by atoms with van der Waals surface area (Å²) < 4.78 is 1.51. The summed E-state index contributed by atoms with van der Waals surface area (Å²) in [5, 5.41) is 14.4. The number of anilines is 1. The second kappa shape index (κ2) is 9.56. The van der Waals surface area contributed by atoms with Crippen LogP contribution in [0, 0.1) is 0 Å². The molecule has 0 fully saturated rings. The van der Waals surface area contributed by atoms with Gasteiger partial charge < -0.3 is 10.0 Å². The van der Waals surface area contributed by atoms with Crippen molar-refractivity contribution < 1.29 is 5.11 Å². The number of hydrogen-bond acceptors (Lipinski definition) is 4. The first kappa shape index (κ1) is 20.9. The molecule has 8 heteroatoms. The fraction of sp³-hybridized carbons (Fsp3) is 0.200. The van der Waals surface area contributed by atoms with Crippen LogP contribution in [0.1, 0.15) is 5.56 Å². The Morgan fingerprint density at radius 3 is 2.36 bits per heavy atom. The van der Waals surface area contributed by atoms with Gasteiger partial charge in [0.25, 0.3) is 5.56 Å². The van der Waals surface area contributed by atoms with E-state index in [0.29, 0.717) is 39.0 Å². The lowest BCUT2D eigenvalue weighted by atomic mass is 10.1. The first-order valence-corrected chi connectivity index (χ1v) is 10.2. The zero-order chi connectivity index (χ0) is 20.1. The molecule has 3 aromatic rings. The van der Waals surface area contributed by atoms with Crippen LogP contribution in [-0.2, 0) is 6.42 Å². The van der Waals surface area contributed by atoms with Gasteiger partial charge in [-0.3, -0.25) is 4.79 Å². The maximum atomic E-state index is 12.9. The Balaban J connectivity index is 1.94. The maximum Gasteiger partial charge on any atom is 0.288 e. The average molecular weight is 483 g/mol. The van der Waals surface area contributed by atoms with Crippen molar-refractivity contribution in [2.45, 2.75) is 6.42 Å². The largest absolute Gasteiger partial charge is 0.395 e. The molecule has 0 saturated carbocycles. The Hall–Kier alpha value is -1.86. The Morgan fingerprint density at radius 2 is 1.71 bits per heavy atom. The molecule has 2 aromatic carbocycles. The van der Waals surface area contributed by atoms with Crippen LogP contribution in [0.4, 0.5) is 5.69 Å². The van der Waals surface area contributed by atoms with Crippen LogP contribution in [0.3, 0.4) is 0 Å². The van der Waals surface area contributed by atoms with Gasteiger partial charge in [-0.05, 0) is 40.0 Å². The van der Waals surface area contributed by atoms with Gasteiger partial charge in [-0.25, -0.2) is 0 Å². The van der Waals surface area contributed by atoms with E-state index in [9.17, 15) is 9.90 Å². The van der Waals surface area contributed by atoms with Crippen molar-refractivity contribution in [2.75, 3.05) is 24.6 Å². The lowest BCUT2D eigenvalue weighted by Gasteiger charge is -2.25. The minimum absolute atomic E-state index is 0.0410. The van der Waals surface area contributed by atoms with Crippen molar-refractivity contribution in [2.24, 2.45) is 0 Å². The predicted octanol–water partition coefficient (Wildman–Crippen LogP) is 4.34. The van der Waals surface area contributed by atoms with Gasteiger partial charge in [0.05, 0.1) is 28.5 Å². The molecule has 0 radical (unpaired) electrons. The Kier molecular flexibility index (Phi) is 7.13. The van der Waals surface area contributed by atoms with E-state index in [0.717, 1.165) is 6.42 Å². The standard InChI is InChI=1S/C20H18BrCl2N3O2/c21-18-17(25(11-12-27)10-9-14-5-2-1-3-6-14)13-24-26(20(18)28)19-15(22)7-4-8-16(19)23/h1-8,13,27H,9-12H2. The van der Waals surface area contributed by atoms with E-state index in [1.54, 1.807) is 24.4 Å². The van der Waals surface area contributed by atoms with Gasteiger partial charge in [-0.15, -0.1) is 0 Å². The molecule has 5 nitrogen and oxygen atoms in total. The molecule has 0 atom stereocenters. The van der Waals surface area contributed by atoms with Crippen LogP contribution in [-0.4, -0.2) is 34.6 Å². The summed E-state index contributed by atoms with van der Waals surface area (Å²) in [5.41, 5.74) is 1.73. The van der Waals surface area contributed by atoms with Crippen LogP contribution >= 0.6 is 39.1 Å². The van der Waals surface area contributed by atoms with Gasteiger partial charge in [0.2, 0.25) is 0 Å². The van der Waals surface area contributed by atoms with Crippen LogP contribution in [0.15, 0.2) is 64.0 Å². The maximum absolute atomic E-state index is 12.9. The molecule has 1 heterocycles.